The Morgan fingerprint density at radius 1 is 1.36 bits per heavy atom. The van der Waals surface area contributed by atoms with Gasteiger partial charge in [-0.2, -0.15) is 0 Å². The van der Waals surface area contributed by atoms with Crippen molar-refractivity contribution in [2.75, 3.05) is 0 Å². The van der Waals surface area contributed by atoms with Crippen LogP contribution in [0.3, 0.4) is 0 Å². The number of aromatic nitrogens is 1. The summed E-state index contributed by atoms with van der Waals surface area (Å²) in [6, 6.07) is 8.06. The average Bonchev–Trinajstić information content (AvgIpc) is 2.57. The summed E-state index contributed by atoms with van der Waals surface area (Å²) < 4.78 is 2.20. The molecule has 72 valence electrons. The van der Waals surface area contributed by atoms with Gasteiger partial charge in [-0.3, -0.25) is 0 Å². The van der Waals surface area contributed by atoms with E-state index in [4.69, 9.17) is 11.6 Å². The van der Waals surface area contributed by atoms with Crippen LogP contribution in [-0.2, 0) is 6.54 Å². The predicted octanol–water partition coefficient (Wildman–Crippen LogP) is 3.87. The van der Waals surface area contributed by atoms with E-state index in [0.717, 1.165) is 11.6 Å². The van der Waals surface area contributed by atoms with Crippen molar-refractivity contribution in [2.24, 2.45) is 0 Å². The summed E-state index contributed by atoms with van der Waals surface area (Å²) in [7, 11) is 0. The second-order valence-corrected chi connectivity index (χ2v) is 3.68. The van der Waals surface area contributed by atoms with Crippen molar-refractivity contribution >= 4 is 22.5 Å². The molecule has 14 heavy (non-hydrogen) atoms. The Morgan fingerprint density at radius 3 is 3.00 bits per heavy atom. The lowest BCUT2D eigenvalue weighted by atomic mass is 10.2. The van der Waals surface area contributed by atoms with Gasteiger partial charge in [0, 0.05) is 28.7 Å². The highest BCUT2D eigenvalue weighted by Gasteiger charge is 1.99. The summed E-state index contributed by atoms with van der Waals surface area (Å²) in [5, 5.41) is 1.99. The SMILES string of the molecule is C/C=C/Cn1ccc2cc(Cl)ccc21. The number of benzene rings is 1. The van der Waals surface area contributed by atoms with Crippen LogP contribution >= 0.6 is 11.6 Å². The van der Waals surface area contributed by atoms with E-state index < -0.39 is 0 Å². The molecule has 0 spiro atoms. The van der Waals surface area contributed by atoms with Crippen molar-refractivity contribution < 1.29 is 0 Å². The van der Waals surface area contributed by atoms with E-state index in [2.05, 4.69) is 35.0 Å². The van der Waals surface area contributed by atoms with E-state index in [9.17, 15) is 0 Å². The molecule has 0 amide bonds. The Balaban J connectivity index is 2.47. The number of fused-ring (bicyclic) bond motifs is 1. The first-order chi connectivity index (χ1) is 6.81. The van der Waals surface area contributed by atoms with Gasteiger partial charge in [0.05, 0.1) is 0 Å². The third-order valence-electron chi connectivity index (χ3n) is 2.27. The Kier molecular flexibility index (Phi) is 2.60. The molecule has 0 fully saturated rings. The van der Waals surface area contributed by atoms with Gasteiger partial charge in [0.15, 0.2) is 0 Å². The van der Waals surface area contributed by atoms with Crippen LogP contribution < -0.4 is 0 Å². The fourth-order valence-electron chi connectivity index (χ4n) is 1.55. The summed E-state index contributed by atoms with van der Waals surface area (Å²) >= 11 is 5.91. The highest BCUT2D eigenvalue weighted by Crippen LogP contribution is 2.20. The maximum atomic E-state index is 5.91. The molecule has 0 bridgehead atoms. The highest BCUT2D eigenvalue weighted by atomic mass is 35.5. The zero-order valence-corrected chi connectivity index (χ0v) is 8.83. The number of allylic oxidation sites excluding steroid dienone is 2. The third-order valence-corrected chi connectivity index (χ3v) is 2.51. The highest BCUT2D eigenvalue weighted by molar-refractivity contribution is 6.31. The van der Waals surface area contributed by atoms with Crippen molar-refractivity contribution in [2.45, 2.75) is 13.5 Å². The van der Waals surface area contributed by atoms with Gasteiger partial charge in [-0.15, -0.1) is 0 Å². The van der Waals surface area contributed by atoms with Crippen LogP contribution in [0.2, 0.25) is 5.02 Å². The molecule has 2 aromatic rings. The summed E-state index contributed by atoms with van der Waals surface area (Å²) in [5.41, 5.74) is 1.23. The van der Waals surface area contributed by atoms with Crippen LogP contribution in [0, 0.1) is 0 Å². The fourth-order valence-corrected chi connectivity index (χ4v) is 1.73. The van der Waals surface area contributed by atoms with Gasteiger partial charge >= 0.3 is 0 Å². The number of rotatable bonds is 2. The molecule has 0 atom stereocenters. The lowest BCUT2D eigenvalue weighted by molar-refractivity contribution is 0.862. The smallest absolute Gasteiger partial charge is 0.0484 e. The minimum atomic E-state index is 0.793. The zero-order valence-electron chi connectivity index (χ0n) is 8.07. The van der Waals surface area contributed by atoms with Gasteiger partial charge in [-0.1, -0.05) is 23.8 Å². The third kappa shape index (κ3) is 1.68. The molecular weight excluding hydrogens is 194 g/mol. The summed E-state index contributed by atoms with van der Waals surface area (Å²) in [6.45, 7) is 2.95. The molecule has 0 radical (unpaired) electrons. The van der Waals surface area contributed by atoms with Crippen molar-refractivity contribution in [3.63, 3.8) is 0 Å². The molecule has 0 unspecified atom stereocenters. The first-order valence-corrected chi connectivity index (χ1v) is 5.04. The molecule has 0 aliphatic carbocycles. The number of hydrogen-bond donors (Lipinski definition) is 0. The molecule has 1 aromatic heterocycles. The normalized spacial score (nSPS) is 11.6. The van der Waals surface area contributed by atoms with E-state index in [1.54, 1.807) is 0 Å². The van der Waals surface area contributed by atoms with Crippen molar-refractivity contribution in [3.05, 3.63) is 47.6 Å². The molecular formula is C12H12ClN. The second kappa shape index (κ2) is 3.89. The molecule has 0 saturated heterocycles. The number of hydrogen-bond acceptors (Lipinski definition) is 0. The van der Waals surface area contributed by atoms with Crippen molar-refractivity contribution in [3.8, 4) is 0 Å². The molecule has 2 heteroatoms. The van der Waals surface area contributed by atoms with Crippen LogP contribution in [0.4, 0.5) is 0 Å². The van der Waals surface area contributed by atoms with Crippen molar-refractivity contribution in [1.82, 2.24) is 4.57 Å². The lowest BCUT2D eigenvalue weighted by Gasteiger charge is -2.00. The van der Waals surface area contributed by atoms with E-state index in [-0.39, 0.29) is 0 Å². The second-order valence-electron chi connectivity index (χ2n) is 3.24. The molecule has 0 saturated carbocycles. The Hall–Kier alpha value is -1.21. The van der Waals surface area contributed by atoms with Crippen LogP contribution in [0.1, 0.15) is 6.92 Å². The molecule has 0 aliphatic heterocycles. The molecule has 0 N–H and O–H groups in total. The average molecular weight is 206 g/mol. The molecule has 0 aliphatic rings. The Labute approximate surface area is 88.6 Å². The Bertz CT molecular complexity index is 468. The van der Waals surface area contributed by atoms with Crippen molar-refractivity contribution in [1.29, 1.82) is 0 Å². The zero-order chi connectivity index (χ0) is 9.97. The maximum absolute atomic E-state index is 5.91. The first-order valence-electron chi connectivity index (χ1n) is 4.67. The van der Waals surface area contributed by atoms with Gasteiger partial charge in [0.1, 0.15) is 0 Å². The van der Waals surface area contributed by atoms with Gasteiger partial charge in [-0.25, -0.2) is 0 Å². The fraction of sp³-hybridized carbons (Fsp3) is 0.167. The monoisotopic (exact) mass is 205 g/mol. The van der Waals surface area contributed by atoms with E-state index >= 15 is 0 Å². The largest absolute Gasteiger partial charge is 0.344 e. The quantitative estimate of drug-likeness (QED) is 0.656. The lowest BCUT2D eigenvalue weighted by Crippen LogP contribution is -1.91. The summed E-state index contributed by atoms with van der Waals surface area (Å²) in [4.78, 5) is 0. The van der Waals surface area contributed by atoms with Gasteiger partial charge in [0.2, 0.25) is 0 Å². The van der Waals surface area contributed by atoms with Crippen LogP contribution in [-0.4, -0.2) is 4.57 Å². The molecule has 1 heterocycles. The number of halogens is 1. The van der Waals surface area contributed by atoms with E-state index in [0.29, 0.717) is 0 Å². The van der Waals surface area contributed by atoms with Crippen LogP contribution in [0.15, 0.2) is 42.6 Å². The van der Waals surface area contributed by atoms with Crippen LogP contribution in [0.25, 0.3) is 10.9 Å². The van der Waals surface area contributed by atoms with Gasteiger partial charge < -0.3 is 4.57 Å². The topological polar surface area (TPSA) is 4.93 Å². The molecule has 1 aromatic carbocycles. The minimum Gasteiger partial charge on any atom is -0.344 e. The number of nitrogens with zero attached hydrogens (tertiary/aromatic N) is 1. The standard InChI is InChI=1S/C12H12ClN/c1-2-3-7-14-8-6-10-9-11(13)4-5-12(10)14/h2-6,8-9H,7H2,1H3/b3-2+. The molecule has 2 rings (SSSR count). The summed E-state index contributed by atoms with van der Waals surface area (Å²) in [5.74, 6) is 0. The Morgan fingerprint density at radius 2 is 2.21 bits per heavy atom. The molecule has 1 nitrogen and oxygen atoms in total. The minimum absolute atomic E-state index is 0.793. The predicted molar refractivity (Wildman–Crippen MR) is 61.8 cm³/mol. The first kappa shape index (κ1) is 9.35. The van der Waals surface area contributed by atoms with Crippen LogP contribution in [0.5, 0.6) is 0 Å². The van der Waals surface area contributed by atoms with Gasteiger partial charge in [-0.05, 0) is 31.2 Å². The summed E-state index contributed by atoms with van der Waals surface area (Å²) in [6.07, 6.45) is 6.27. The van der Waals surface area contributed by atoms with E-state index in [1.165, 1.54) is 10.9 Å². The maximum Gasteiger partial charge on any atom is 0.0484 e. The van der Waals surface area contributed by atoms with E-state index in [1.807, 2.05) is 19.1 Å². The van der Waals surface area contributed by atoms with Gasteiger partial charge in [0.25, 0.3) is 0 Å².